The van der Waals surface area contributed by atoms with Gasteiger partial charge in [0.2, 0.25) is 17.6 Å². The summed E-state index contributed by atoms with van der Waals surface area (Å²) in [4.78, 5) is 50.5. The molecule has 2 saturated heterocycles. The third-order valence-corrected chi connectivity index (χ3v) is 10.4. The van der Waals surface area contributed by atoms with Crippen molar-refractivity contribution in [2.75, 3.05) is 26.7 Å². The molecule has 0 bridgehead atoms. The highest BCUT2D eigenvalue weighted by atomic mass is 32.1. The van der Waals surface area contributed by atoms with E-state index in [4.69, 9.17) is 10.2 Å². The number of amides is 2. The zero-order valence-corrected chi connectivity index (χ0v) is 24.2. The number of carbonyl (C=O) groups is 3. The molecule has 2 aliphatic heterocycles. The van der Waals surface area contributed by atoms with Crippen LogP contribution < -0.4 is 10.6 Å². The van der Waals surface area contributed by atoms with Gasteiger partial charge in [-0.1, -0.05) is 19.3 Å². The molecule has 4 heterocycles. The number of piperazine rings is 1. The molecular formula is C28H36N6O3S2. The second-order valence-electron chi connectivity index (χ2n) is 10.9. The van der Waals surface area contributed by atoms with Crippen molar-refractivity contribution < 1.29 is 14.4 Å². The predicted octanol–water partition coefficient (Wildman–Crippen LogP) is 3.33. The summed E-state index contributed by atoms with van der Waals surface area (Å²) in [5.74, 6) is -0.282. The Bertz CT molecular complexity index is 1250. The minimum absolute atomic E-state index is 0.0323. The maximum Gasteiger partial charge on any atom is 0.246 e. The van der Waals surface area contributed by atoms with Crippen molar-refractivity contribution >= 4 is 40.3 Å². The fourth-order valence-corrected chi connectivity index (χ4v) is 7.75. The van der Waals surface area contributed by atoms with Crippen LogP contribution in [0, 0.1) is 17.2 Å². The minimum Gasteiger partial charge on any atom is -0.343 e. The third kappa shape index (κ3) is 5.94. The van der Waals surface area contributed by atoms with Crippen molar-refractivity contribution in [1.82, 2.24) is 25.4 Å². The quantitative estimate of drug-likeness (QED) is 0.469. The van der Waals surface area contributed by atoms with Crippen molar-refractivity contribution in [1.29, 1.82) is 5.26 Å². The van der Waals surface area contributed by atoms with E-state index < -0.39 is 12.1 Å². The number of ketones is 1. The highest BCUT2D eigenvalue weighted by Gasteiger charge is 2.44. The van der Waals surface area contributed by atoms with Gasteiger partial charge in [0, 0.05) is 24.5 Å². The second-order valence-corrected chi connectivity index (χ2v) is 12.8. The molecule has 0 spiro atoms. The number of thiazole rings is 1. The molecule has 1 aliphatic carbocycles. The van der Waals surface area contributed by atoms with Crippen molar-refractivity contribution in [2.45, 2.75) is 76.0 Å². The normalized spacial score (nSPS) is 23.6. The van der Waals surface area contributed by atoms with E-state index in [-0.39, 0.29) is 29.6 Å². The summed E-state index contributed by atoms with van der Waals surface area (Å²) in [6.07, 6.45) is 7.32. The van der Waals surface area contributed by atoms with Gasteiger partial charge < -0.3 is 15.5 Å². The molecule has 2 amide bonds. The van der Waals surface area contributed by atoms with Crippen LogP contribution in [0.25, 0.3) is 0 Å². The second kappa shape index (κ2) is 12.3. The highest BCUT2D eigenvalue weighted by Crippen LogP contribution is 2.36. The number of nitriles is 1. The molecule has 4 atom stereocenters. The Morgan fingerprint density at radius 3 is 2.64 bits per heavy atom. The maximum absolute atomic E-state index is 14.4. The molecule has 0 aromatic carbocycles. The number of nitrogens with one attached hydrogen (secondary N) is 2. The lowest BCUT2D eigenvalue weighted by molar-refractivity contribution is -0.144. The first-order valence-corrected chi connectivity index (χ1v) is 15.6. The van der Waals surface area contributed by atoms with Crippen LogP contribution in [0.3, 0.4) is 0 Å². The smallest absolute Gasteiger partial charge is 0.246 e. The Balaban J connectivity index is 1.43. The lowest BCUT2D eigenvalue weighted by Gasteiger charge is -2.45. The zero-order chi connectivity index (χ0) is 27.5. The fourth-order valence-electron chi connectivity index (χ4n) is 6.10. The molecule has 208 valence electrons. The van der Waals surface area contributed by atoms with Crippen molar-refractivity contribution in [2.24, 2.45) is 5.92 Å². The lowest BCUT2D eigenvalue weighted by atomic mass is 9.82. The number of hydrogen-bond donors (Lipinski definition) is 2. The number of hydrogen-bond acceptors (Lipinski definition) is 9. The highest BCUT2D eigenvalue weighted by molar-refractivity contribution is 7.15. The fraction of sp³-hybridized carbons (Fsp3) is 0.607. The van der Waals surface area contributed by atoms with E-state index in [0.29, 0.717) is 34.6 Å². The van der Waals surface area contributed by atoms with Crippen molar-refractivity contribution in [3.63, 3.8) is 0 Å². The topological polar surface area (TPSA) is 118 Å². The van der Waals surface area contributed by atoms with E-state index in [2.05, 4.69) is 21.6 Å². The van der Waals surface area contributed by atoms with Gasteiger partial charge in [0.05, 0.1) is 17.0 Å². The lowest BCUT2D eigenvalue weighted by Crippen LogP contribution is -2.60. The Morgan fingerprint density at radius 1 is 1.13 bits per heavy atom. The van der Waals surface area contributed by atoms with Crippen LogP contribution in [0.1, 0.15) is 83.2 Å². The SMILES string of the molecule is CN[C@@H](C)C(=O)N[C@H](C(=O)N1C[C@H]2CCCN2C[C@H]1c1nc(C(=O)c2ccc(C#N)s2)cs1)C1CCCCC1. The molecule has 0 radical (unpaired) electrons. The van der Waals surface area contributed by atoms with Crippen molar-refractivity contribution in [3.8, 4) is 6.07 Å². The Morgan fingerprint density at radius 2 is 1.92 bits per heavy atom. The van der Waals surface area contributed by atoms with E-state index in [1.54, 1.807) is 31.5 Å². The molecule has 2 aromatic rings. The van der Waals surface area contributed by atoms with Gasteiger partial charge in [-0.05, 0) is 64.3 Å². The van der Waals surface area contributed by atoms with Gasteiger partial charge >= 0.3 is 0 Å². The maximum atomic E-state index is 14.4. The van der Waals surface area contributed by atoms with Gasteiger partial charge in [-0.15, -0.1) is 22.7 Å². The number of fused-ring (bicyclic) bond motifs is 1. The summed E-state index contributed by atoms with van der Waals surface area (Å²) < 4.78 is 0. The number of thiophene rings is 1. The molecule has 1 saturated carbocycles. The summed E-state index contributed by atoms with van der Waals surface area (Å²) in [5, 5.41) is 17.7. The third-order valence-electron chi connectivity index (χ3n) is 8.46. The summed E-state index contributed by atoms with van der Waals surface area (Å²) in [7, 11) is 1.75. The number of likely N-dealkylation sites (N-methyl/N-ethyl adjacent to an activating group) is 1. The summed E-state index contributed by atoms with van der Waals surface area (Å²) in [6, 6.07) is 4.46. The zero-order valence-electron chi connectivity index (χ0n) is 22.5. The van der Waals surface area contributed by atoms with Crippen LogP contribution in [0.2, 0.25) is 0 Å². The molecular weight excluding hydrogens is 532 g/mol. The molecule has 5 rings (SSSR count). The molecule has 3 aliphatic rings. The average Bonchev–Trinajstić information content (AvgIpc) is 3.75. The Kier molecular flexibility index (Phi) is 8.76. The van der Waals surface area contributed by atoms with Crippen LogP contribution in [0.4, 0.5) is 0 Å². The Labute approximate surface area is 237 Å². The predicted molar refractivity (Wildman–Crippen MR) is 151 cm³/mol. The molecule has 39 heavy (non-hydrogen) atoms. The van der Waals surface area contributed by atoms with E-state index in [9.17, 15) is 14.4 Å². The first-order valence-electron chi connectivity index (χ1n) is 13.9. The van der Waals surface area contributed by atoms with E-state index >= 15 is 0 Å². The number of aromatic nitrogens is 1. The first-order chi connectivity index (χ1) is 18.9. The monoisotopic (exact) mass is 568 g/mol. The van der Waals surface area contributed by atoms with Crippen molar-refractivity contribution in [3.05, 3.63) is 38.0 Å². The van der Waals surface area contributed by atoms with Gasteiger partial charge in [0.25, 0.3) is 0 Å². The molecule has 11 heteroatoms. The van der Waals surface area contributed by atoms with E-state index in [1.807, 2.05) is 4.90 Å². The molecule has 0 unspecified atom stereocenters. The molecule has 2 aromatic heterocycles. The number of carbonyl (C=O) groups excluding carboxylic acids is 3. The molecule has 2 N–H and O–H groups in total. The summed E-state index contributed by atoms with van der Waals surface area (Å²) in [6.45, 7) is 4.07. The number of rotatable bonds is 8. The van der Waals surface area contributed by atoms with Gasteiger partial charge in [-0.3, -0.25) is 19.3 Å². The van der Waals surface area contributed by atoms with E-state index in [1.165, 1.54) is 11.3 Å². The van der Waals surface area contributed by atoms with E-state index in [0.717, 1.165) is 67.8 Å². The average molecular weight is 569 g/mol. The standard InChI is InChI=1S/C28H36N6O3S2/c1-17(30-2)26(36)32-24(18-7-4-3-5-8-18)28(37)34-14-19-9-6-12-33(19)15-22(34)27-31-21(16-38-27)25(35)23-11-10-20(13-29)39-23/h10-11,16-19,22,24,30H,3-9,12,14-15H2,1-2H3,(H,32,36)/t17-,19+,22-,24-/m0/s1. The Hall–Kier alpha value is -2.65. The summed E-state index contributed by atoms with van der Waals surface area (Å²) >= 11 is 2.57. The van der Waals surface area contributed by atoms with Gasteiger partial charge in [0.1, 0.15) is 27.7 Å². The van der Waals surface area contributed by atoms with Crippen LogP contribution >= 0.6 is 22.7 Å². The van der Waals surface area contributed by atoms with Gasteiger partial charge in [-0.25, -0.2) is 4.98 Å². The van der Waals surface area contributed by atoms with Crippen LogP contribution in [-0.4, -0.2) is 77.2 Å². The van der Waals surface area contributed by atoms with Gasteiger partial charge in [0.15, 0.2) is 0 Å². The summed E-state index contributed by atoms with van der Waals surface area (Å²) in [5.41, 5.74) is 0.345. The van der Waals surface area contributed by atoms with Gasteiger partial charge in [-0.2, -0.15) is 5.26 Å². The molecule has 3 fully saturated rings. The molecule has 9 nitrogen and oxygen atoms in total. The minimum atomic E-state index is -0.569. The van der Waals surface area contributed by atoms with Crippen LogP contribution in [-0.2, 0) is 9.59 Å². The van der Waals surface area contributed by atoms with Crippen LogP contribution in [0.15, 0.2) is 17.5 Å². The first kappa shape index (κ1) is 27.9. The largest absolute Gasteiger partial charge is 0.343 e. The van der Waals surface area contributed by atoms with Crippen LogP contribution in [0.5, 0.6) is 0 Å². The number of nitrogens with zero attached hydrogens (tertiary/aromatic N) is 4.